The molecule has 1 unspecified atom stereocenters. The lowest BCUT2D eigenvalue weighted by atomic mass is 10.0. The highest BCUT2D eigenvalue weighted by atomic mass is 16.5. The molecule has 0 spiro atoms. The molecule has 1 heterocycles. The number of hydrogen-bond donors (Lipinski definition) is 1. The van der Waals surface area contributed by atoms with E-state index >= 15 is 0 Å². The summed E-state index contributed by atoms with van der Waals surface area (Å²) in [5, 5.41) is 4.00. The minimum Gasteiger partial charge on any atom is -0.380 e. The largest absolute Gasteiger partial charge is 0.380 e. The monoisotopic (exact) mass is 275 g/mol. The van der Waals surface area contributed by atoms with Crippen molar-refractivity contribution < 1.29 is 9.26 Å². The first-order chi connectivity index (χ1) is 9.62. The van der Waals surface area contributed by atoms with Crippen molar-refractivity contribution in [2.45, 2.75) is 32.8 Å². The third-order valence-electron chi connectivity index (χ3n) is 3.44. The zero-order valence-corrected chi connectivity index (χ0v) is 12.2. The van der Waals surface area contributed by atoms with Crippen LogP contribution in [-0.4, -0.2) is 29.9 Å². The van der Waals surface area contributed by atoms with E-state index in [1.165, 1.54) is 16.7 Å². The van der Waals surface area contributed by atoms with Crippen LogP contribution in [0.2, 0.25) is 0 Å². The van der Waals surface area contributed by atoms with E-state index in [2.05, 4.69) is 42.2 Å². The summed E-state index contributed by atoms with van der Waals surface area (Å²) in [7, 11) is 1.63. The molecule has 0 aliphatic carbocycles. The van der Waals surface area contributed by atoms with Crippen LogP contribution in [0.4, 0.5) is 0 Å². The van der Waals surface area contributed by atoms with Crippen LogP contribution in [0.5, 0.6) is 0 Å². The second kappa shape index (κ2) is 6.63. The first kappa shape index (κ1) is 14.7. The Morgan fingerprint density at radius 3 is 2.75 bits per heavy atom. The molecule has 0 aliphatic heterocycles. The van der Waals surface area contributed by atoms with Gasteiger partial charge in [-0.25, -0.2) is 0 Å². The highest BCUT2D eigenvalue weighted by Crippen LogP contribution is 2.13. The van der Waals surface area contributed by atoms with E-state index in [9.17, 15) is 0 Å². The van der Waals surface area contributed by atoms with Gasteiger partial charge in [-0.05, 0) is 30.5 Å². The number of aromatic nitrogens is 2. The van der Waals surface area contributed by atoms with E-state index in [0.29, 0.717) is 31.1 Å². The highest BCUT2D eigenvalue weighted by Gasteiger charge is 2.13. The van der Waals surface area contributed by atoms with E-state index in [0.717, 1.165) is 0 Å². The lowest BCUT2D eigenvalue weighted by Gasteiger charge is -2.08. The van der Waals surface area contributed by atoms with E-state index < -0.39 is 0 Å². The van der Waals surface area contributed by atoms with Crippen LogP contribution >= 0.6 is 0 Å². The lowest BCUT2D eigenvalue weighted by molar-refractivity contribution is 0.102. The van der Waals surface area contributed by atoms with Gasteiger partial charge in [0.2, 0.25) is 5.89 Å². The SMILES string of the molecule is COC(CN)Cc1nc(Cc2ccc(C)c(C)c2)no1. The molecule has 0 amide bonds. The molecule has 1 atom stereocenters. The molecule has 5 heteroatoms. The number of ether oxygens (including phenoxy) is 1. The average molecular weight is 275 g/mol. The highest BCUT2D eigenvalue weighted by molar-refractivity contribution is 5.31. The number of hydrogen-bond acceptors (Lipinski definition) is 5. The van der Waals surface area contributed by atoms with E-state index in [4.69, 9.17) is 15.0 Å². The van der Waals surface area contributed by atoms with Gasteiger partial charge >= 0.3 is 0 Å². The molecule has 0 saturated heterocycles. The van der Waals surface area contributed by atoms with Crippen molar-refractivity contribution >= 4 is 0 Å². The molecular formula is C15H21N3O2. The topological polar surface area (TPSA) is 74.2 Å². The van der Waals surface area contributed by atoms with Crippen LogP contribution < -0.4 is 5.73 Å². The molecule has 0 saturated carbocycles. The summed E-state index contributed by atoms with van der Waals surface area (Å²) in [6.07, 6.45) is 1.14. The Morgan fingerprint density at radius 1 is 1.30 bits per heavy atom. The molecule has 20 heavy (non-hydrogen) atoms. The minimum atomic E-state index is -0.0788. The molecule has 1 aromatic carbocycles. The van der Waals surface area contributed by atoms with Crippen molar-refractivity contribution in [1.29, 1.82) is 0 Å². The maximum absolute atomic E-state index is 5.58. The molecule has 0 aliphatic rings. The summed E-state index contributed by atoms with van der Waals surface area (Å²) < 4.78 is 10.4. The Kier molecular flexibility index (Phi) is 4.87. The number of benzene rings is 1. The normalized spacial score (nSPS) is 12.6. The second-order valence-corrected chi connectivity index (χ2v) is 5.00. The molecule has 2 aromatic rings. The van der Waals surface area contributed by atoms with Gasteiger partial charge in [-0.2, -0.15) is 4.98 Å². The molecule has 0 fully saturated rings. The third-order valence-corrected chi connectivity index (χ3v) is 3.44. The van der Waals surface area contributed by atoms with Gasteiger partial charge in [-0.1, -0.05) is 23.4 Å². The smallest absolute Gasteiger partial charge is 0.229 e. The average Bonchev–Trinajstić information content (AvgIpc) is 2.87. The molecular weight excluding hydrogens is 254 g/mol. The Morgan fingerprint density at radius 2 is 2.10 bits per heavy atom. The summed E-state index contributed by atoms with van der Waals surface area (Å²) in [6.45, 7) is 4.64. The predicted molar refractivity (Wildman–Crippen MR) is 76.6 cm³/mol. The van der Waals surface area contributed by atoms with E-state index in [1.807, 2.05) is 0 Å². The lowest BCUT2D eigenvalue weighted by Crippen LogP contribution is -2.24. The number of nitrogens with two attached hydrogens (primary N) is 1. The molecule has 0 radical (unpaired) electrons. The van der Waals surface area contributed by atoms with E-state index in [1.54, 1.807) is 7.11 Å². The van der Waals surface area contributed by atoms with Crippen molar-refractivity contribution in [2.75, 3.05) is 13.7 Å². The van der Waals surface area contributed by atoms with Gasteiger partial charge in [0.25, 0.3) is 0 Å². The second-order valence-electron chi connectivity index (χ2n) is 5.00. The van der Waals surface area contributed by atoms with Crippen LogP contribution in [0.3, 0.4) is 0 Å². The quantitative estimate of drug-likeness (QED) is 0.870. The van der Waals surface area contributed by atoms with Crippen LogP contribution in [-0.2, 0) is 17.6 Å². The first-order valence-electron chi connectivity index (χ1n) is 6.72. The van der Waals surface area contributed by atoms with Crippen molar-refractivity contribution in [3.8, 4) is 0 Å². The zero-order valence-electron chi connectivity index (χ0n) is 12.2. The Labute approximate surface area is 119 Å². The fourth-order valence-electron chi connectivity index (χ4n) is 2.00. The number of rotatable bonds is 6. The van der Waals surface area contributed by atoms with Crippen molar-refractivity contribution in [2.24, 2.45) is 5.73 Å². The summed E-state index contributed by atoms with van der Waals surface area (Å²) in [6, 6.07) is 6.36. The van der Waals surface area contributed by atoms with Crippen LogP contribution in [0.25, 0.3) is 0 Å². The van der Waals surface area contributed by atoms with Crippen LogP contribution in [0.1, 0.15) is 28.4 Å². The Balaban J connectivity index is 2.03. The van der Waals surface area contributed by atoms with Gasteiger partial charge in [0, 0.05) is 20.1 Å². The van der Waals surface area contributed by atoms with Gasteiger partial charge in [-0.3, -0.25) is 0 Å². The number of methoxy groups -OCH3 is 1. The summed E-state index contributed by atoms with van der Waals surface area (Å²) in [4.78, 5) is 4.38. The van der Waals surface area contributed by atoms with E-state index in [-0.39, 0.29) is 6.10 Å². The molecule has 2 N–H and O–H groups in total. The standard InChI is InChI=1S/C15H21N3O2/c1-10-4-5-12(6-11(10)2)7-14-17-15(20-18-14)8-13(9-16)19-3/h4-6,13H,7-9,16H2,1-3H3. The molecule has 0 bridgehead atoms. The predicted octanol–water partition coefficient (Wildman–Crippen LogP) is 1.79. The number of aryl methyl sites for hydroxylation is 2. The van der Waals surface area contributed by atoms with Gasteiger partial charge < -0.3 is 15.0 Å². The van der Waals surface area contributed by atoms with Gasteiger partial charge in [0.15, 0.2) is 5.82 Å². The van der Waals surface area contributed by atoms with Crippen molar-refractivity contribution in [3.05, 3.63) is 46.6 Å². The molecule has 108 valence electrons. The first-order valence-corrected chi connectivity index (χ1v) is 6.72. The Bertz CT molecular complexity index is 562. The summed E-state index contributed by atoms with van der Waals surface area (Å²) in [5.41, 5.74) is 9.32. The third kappa shape index (κ3) is 3.65. The summed E-state index contributed by atoms with van der Waals surface area (Å²) >= 11 is 0. The van der Waals surface area contributed by atoms with Crippen LogP contribution in [0.15, 0.2) is 22.7 Å². The van der Waals surface area contributed by atoms with Gasteiger partial charge in [0.1, 0.15) is 0 Å². The fourth-order valence-corrected chi connectivity index (χ4v) is 2.00. The zero-order chi connectivity index (χ0) is 14.5. The van der Waals surface area contributed by atoms with Crippen LogP contribution in [0, 0.1) is 13.8 Å². The maximum atomic E-state index is 5.58. The van der Waals surface area contributed by atoms with Gasteiger partial charge in [-0.15, -0.1) is 0 Å². The molecule has 2 rings (SSSR count). The fraction of sp³-hybridized carbons (Fsp3) is 0.467. The minimum absolute atomic E-state index is 0.0788. The maximum Gasteiger partial charge on any atom is 0.229 e. The number of nitrogens with zero attached hydrogens (tertiary/aromatic N) is 2. The Hall–Kier alpha value is -1.72. The van der Waals surface area contributed by atoms with Crippen molar-refractivity contribution in [1.82, 2.24) is 10.1 Å². The molecule has 1 aromatic heterocycles. The molecule has 5 nitrogen and oxygen atoms in total. The summed E-state index contributed by atoms with van der Waals surface area (Å²) in [5.74, 6) is 1.26. The van der Waals surface area contributed by atoms with Crippen molar-refractivity contribution in [3.63, 3.8) is 0 Å². The van der Waals surface area contributed by atoms with Gasteiger partial charge in [0.05, 0.1) is 12.5 Å².